The molecule has 0 radical (unpaired) electrons. The van der Waals surface area contributed by atoms with Crippen LogP contribution in [-0.2, 0) is 0 Å². The molecule has 0 aromatic heterocycles. The fraction of sp³-hybridized carbons (Fsp3) is 0.102. The van der Waals surface area contributed by atoms with Gasteiger partial charge in [0.05, 0.1) is 11.1 Å². The van der Waals surface area contributed by atoms with Gasteiger partial charge in [-0.1, -0.05) is 48.6 Å². The summed E-state index contributed by atoms with van der Waals surface area (Å²) in [7, 11) is 0. The molecule has 6 aromatic rings. The summed E-state index contributed by atoms with van der Waals surface area (Å²) in [5, 5.41) is 0. The summed E-state index contributed by atoms with van der Waals surface area (Å²) in [5.74, 6) is -3.93. The van der Waals surface area contributed by atoms with Crippen molar-refractivity contribution in [1.82, 2.24) is 0 Å². The van der Waals surface area contributed by atoms with E-state index in [2.05, 4.69) is 9.47 Å². The number of nitrogens with two attached hydrogens (primary N) is 2. The van der Waals surface area contributed by atoms with Crippen molar-refractivity contribution in [1.29, 1.82) is 0 Å². The number of benzene rings is 6. The molecule has 0 unspecified atom stereocenters. The highest BCUT2D eigenvalue weighted by Gasteiger charge is 2.44. The Morgan fingerprint density at radius 3 is 1.36 bits per heavy atom. The summed E-state index contributed by atoms with van der Waals surface area (Å²) >= 11 is 0. The Hall–Kier alpha value is -8.28. The lowest BCUT2D eigenvalue weighted by atomic mass is 9.88. The van der Waals surface area contributed by atoms with E-state index in [1.54, 1.807) is 31.2 Å². The number of carbonyl (C=O) groups is 4. The molecule has 0 bridgehead atoms. The van der Waals surface area contributed by atoms with Gasteiger partial charge in [-0.2, -0.15) is 35.1 Å². The summed E-state index contributed by atoms with van der Waals surface area (Å²) < 4.78 is 121. The van der Waals surface area contributed by atoms with E-state index in [0.29, 0.717) is 33.5 Å². The first-order valence-electron chi connectivity index (χ1n) is 19.5. The minimum absolute atomic E-state index is 0.0771. The SMILES string of the molecule is Cc1c(N)ccc(-c2ccc(N)cc2C(=O)C=Cc2ccc(C(=O)Oc3ccc(OC(F)(F)C(F)F)cc3)cc2)c1C(=O)C=Cc1ccc(C(=O)Oc2ccc(OC(F)(F)C(F)F)cc2)cc1. The van der Waals surface area contributed by atoms with Gasteiger partial charge in [0.2, 0.25) is 0 Å². The van der Waals surface area contributed by atoms with E-state index in [1.807, 2.05) is 0 Å². The summed E-state index contributed by atoms with van der Waals surface area (Å²) in [6, 6.07) is 27.6. The average molecular weight is 931 g/mol. The minimum Gasteiger partial charge on any atom is -0.428 e. The van der Waals surface area contributed by atoms with Crippen molar-refractivity contribution in [2.45, 2.75) is 32.0 Å². The van der Waals surface area contributed by atoms with E-state index < -0.39 is 60.1 Å². The summed E-state index contributed by atoms with van der Waals surface area (Å²) in [5.41, 5.74) is 15.5. The van der Waals surface area contributed by atoms with Crippen LogP contribution >= 0.6 is 0 Å². The van der Waals surface area contributed by atoms with Crippen LogP contribution in [0.1, 0.15) is 58.1 Å². The van der Waals surface area contributed by atoms with Gasteiger partial charge >= 0.3 is 37.0 Å². The molecule has 18 heteroatoms. The zero-order valence-electron chi connectivity index (χ0n) is 34.5. The van der Waals surface area contributed by atoms with Gasteiger partial charge < -0.3 is 30.4 Å². The lowest BCUT2D eigenvalue weighted by Gasteiger charge is -2.16. The van der Waals surface area contributed by atoms with Crippen molar-refractivity contribution < 1.29 is 73.2 Å². The lowest BCUT2D eigenvalue weighted by Crippen LogP contribution is -2.33. The number of hydrogen-bond acceptors (Lipinski definition) is 10. The first kappa shape index (κ1) is 48.2. The highest BCUT2D eigenvalue weighted by Crippen LogP contribution is 2.35. The zero-order chi connectivity index (χ0) is 48.6. The van der Waals surface area contributed by atoms with Gasteiger partial charge in [-0.05, 0) is 138 Å². The molecule has 0 amide bonds. The van der Waals surface area contributed by atoms with Crippen LogP contribution in [0.4, 0.5) is 46.5 Å². The largest absolute Gasteiger partial charge is 0.461 e. The Kier molecular flexibility index (Phi) is 14.6. The maximum Gasteiger partial charge on any atom is 0.461 e. The second-order valence-electron chi connectivity index (χ2n) is 14.3. The quantitative estimate of drug-likeness (QED) is 0.0225. The number of hydrogen-bond donors (Lipinski definition) is 2. The molecule has 0 saturated heterocycles. The molecule has 6 rings (SSSR count). The normalized spacial score (nSPS) is 11.9. The van der Waals surface area contributed by atoms with Gasteiger partial charge in [0.1, 0.15) is 23.0 Å². The number of anilines is 2. The van der Waals surface area contributed by atoms with Crippen LogP contribution in [0.3, 0.4) is 0 Å². The average Bonchev–Trinajstić information content (AvgIpc) is 3.29. The number of halogens is 8. The maximum atomic E-state index is 13.9. The number of ether oxygens (including phenoxy) is 4. The van der Waals surface area contributed by atoms with Gasteiger partial charge in [0.15, 0.2) is 11.6 Å². The molecule has 0 heterocycles. The Balaban J connectivity index is 1.13. The summed E-state index contributed by atoms with van der Waals surface area (Å²) in [6.45, 7) is 1.64. The molecule has 4 N–H and O–H groups in total. The van der Waals surface area contributed by atoms with Gasteiger partial charge in [-0.15, -0.1) is 0 Å². The van der Waals surface area contributed by atoms with E-state index >= 15 is 0 Å². The number of rotatable bonds is 17. The second kappa shape index (κ2) is 20.3. The summed E-state index contributed by atoms with van der Waals surface area (Å²) in [6.07, 6.45) is -12.0. The van der Waals surface area contributed by atoms with Crippen molar-refractivity contribution in [2.24, 2.45) is 0 Å². The van der Waals surface area contributed by atoms with Gasteiger partial charge in [0, 0.05) is 22.5 Å². The molecule has 344 valence electrons. The van der Waals surface area contributed by atoms with E-state index in [-0.39, 0.29) is 39.4 Å². The molecule has 6 aromatic carbocycles. The topological polar surface area (TPSA) is 157 Å². The highest BCUT2D eigenvalue weighted by atomic mass is 19.3. The zero-order valence-corrected chi connectivity index (χ0v) is 34.5. The predicted molar refractivity (Wildman–Crippen MR) is 231 cm³/mol. The van der Waals surface area contributed by atoms with Crippen LogP contribution in [0.2, 0.25) is 0 Å². The van der Waals surface area contributed by atoms with E-state index in [1.165, 1.54) is 78.9 Å². The van der Waals surface area contributed by atoms with Crippen molar-refractivity contribution in [2.75, 3.05) is 11.5 Å². The predicted octanol–water partition coefficient (Wildman–Crippen LogP) is 11.5. The van der Waals surface area contributed by atoms with Gasteiger partial charge in [0.25, 0.3) is 0 Å². The Bertz CT molecular complexity index is 2850. The minimum atomic E-state index is -4.71. The molecule has 0 aliphatic rings. The van der Waals surface area contributed by atoms with Crippen molar-refractivity contribution in [3.05, 3.63) is 178 Å². The maximum absolute atomic E-state index is 13.9. The Labute approximate surface area is 375 Å². The molecule has 0 aliphatic carbocycles. The molecular formula is C49H34F8N2O8. The van der Waals surface area contributed by atoms with Crippen LogP contribution in [0.25, 0.3) is 23.3 Å². The van der Waals surface area contributed by atoms with Crippen LogP contribution in [0.5, 0.6) is 23.0 Å². The molecular weight excluding hydrogens is 897 g/mol. The van der Waals surface area contributed by atoms with Crippen LogP contribution in [0, 0.1) is 6.92 Å². The second-order valence-corrected chi connectivity index (χ2v) is 14.3. The number of esters is 2. The third kappa shape index (κ3) is 12.1. The third-order valence-corrected chi connectivity index (χ3v) is 9.58. The fourth-order valence-electron chi connectivity index (χ4n) is 6.13. The first-order chi connectivity index (χ1) is 31.7. The van der Waals surface area contributed by atoms with E-state index in [4.69, 9.17) is 20.9 Å². The lowest BCUT2D eigenvalue weighted by molar-refractivity contribution is -0.253. The number of carbonyl (C=O) groups excluding carboxylic acids is 4. The van der Waals surface area contributed by atoms with Crippen molar-refractivity contribution in [3.63, 3.8) is 0 Å². The number of alkyl halides is 8. The molecule has 0 fully saturated rings. The van der Waals surface area contributed by atoms with Crippen LogP contribution < -0.4 is 30.4 Å². The fourth-order valence-corrected chi connectivity index (χ4v) is 6.13. The summed E-state index contributed by atoms with van der Waals surface area (Å²) in [4.78, 5) is 53.1. The molecule has 67 heavy (non-hydrogen) atoms. The smallest absolute Gasteiger partial charge is 0.428 e. The highest BCUT2D eigenvalue weighted by molar-refractivity contribution is 6.16. The van der Waals surface area contributed by atoms with Gasteiger partial charge in [-0.3, -0.25) is 9.59 Å². The first-order valence-corrected chi connectivity index (χ1v) is 19.5. The van der Waals surface area contributed by atoms with Crippen molar-refractivity contribution >= 4 is 47.0 Å². The monoisotopic (exact) mass is 930 g/mol. The number of ketones is 2. The van der Waals surface area contributed by atoms with Gasteiger partial charge in [-0.25, -0.2) is 9.59 Å². The molecule has 0 atom stereocenters. The Morgan fingerprint density at radius 1 is 0.522 bits per heavy atom. The van der Waals surface area contributed by atoms with Crippen LogP contribution in [0.15, 0.2) is 140 Å². The Morgan fingerprint density at radius 2 is 0.925 bits per heavy atom. The van der Waals surface area contributed by atoms with Crippen LogP contribution in [-0.4, -0.2) is 48.6 Å². The van der Waals surface area contributed by atoms with Crippen molar-refractivity contribution in [3.8, 4) is 34.1 Å². The van der Waals surface area contributed by atoms with E-state index in [9.17, 15) is 54.3 Å². The molecule has 0 saturated carbocycles. The molecule has 10 nitrogen and oxygen atoms in total. The molecule has 0 spiro atoms. The third-order valence-electron chi connectivity index (χ3n) is 9.58. The number of nitrogen functional groups attached to an aromatic ring is 2. The number of allylic oxidation sites excluding steroid dienone is 2. The van der Waals surface area contributed by atoms with E-state index in [0.717, 1.165) is 48.5 Å². The molecule has 0 aliphatic heterocycles. The standard InChI is InChI=1S/C49H34F8N2O8/c1-27-40(59)23-22-38(43(27)42(61)25-7-29-4-10-31(11-5-29)45(63)65-34-15-19-36(20-16-34)67-49(56,57)47(52)53)37-21-12-32(58)26-39(37)41(60)24-6-28-2-8-30(9-3-28)44(62)64-33-13-17-35(18-14-33)66-48(54,55)46(50)51/h2-26,46-47H,58-59H2,1H3.